The number of anilines is 1. The van der Waals surface area contributed by atoms with Gasteiger partial charge in [0.1, 0.15) is 5.75 Å². The zero-order valence-electron chi connectivity index (χ0n) is 18.9. The van der Waals surface area contributed by atoms with E-state index in [-0.39, 0.29) is 11.9 Å². The summed E-state index contributed by atoms with van der Waals surface area (Å²) in [6.07, 6.45) is 4.80. The Kier molecular flexibility index (Phi) is 6.25. The van der Waals surface area contributed by atoms with Gasteiger partial charge in [0.05, 0.1) is 5.69 Å². The molecule has 7 nitrogen and oxygen atoms in total. The lowest BCUT2D eigenvalue weighted by molar-refractivity contribution is 0.197. The Morgan fingerprint density at radius 2 is 2.09 bits per heavy atom. The van der Waals surface area contributed by atoms with Crippen molar-refractivity contribution in [3.63, 3.8) is 0 Å². The molecule has 166 valence electrons. The Bertz CT molecular complexity index is 1130. The van der Waals surface area contributed by atoms with Crippen molar-refractivity contribution in [1.29, 1.82) is 0 Å². The van der Waals surface area contributed by atoms with Crippen LogP contribution in [0.5, 0.6) is 11.6 Å². The minimum absolute atomic E-state index is 0.156. The number of likely N-dealkylation sites (tertiary alicyclic amines) is 1. The van der Waals surface area contributed by atoms with E-state index in [0.29, 0.717) is 24.9 Å². The average molecular weight is 433 g/mol. The van der Waals surface area contributed by atoms with Gasteiger partial charge in [-0.2, -0.15) is 0 Å². The number of amides is 2. The number of ether oxygens (including phenoxy) is 1. The van der Waals surface area contributed by atoms with Crippen LogP contribution in [-0.2, 0) is 0 Å². The minimum atomic E-state index is -0.156. The highest BCUT2D eigenvalue weighted by molar-refractivity contribution is 5.88. The van der Waals surface area contributed by atoms with E-state index >= 15 is 0 Å². The molecule has 3 heterocycles. The summed E-state index contributed by atoms with van der Waals surface area (Å²) in [5.41, 5.74) is 5.11. The lowest BCUT2D eigenvalue weighted by atomic mass is 9.91. The van der Waals surface area contributed by atoms with Crippen LogP contribution in [0, 0.1) is 26.7 Å². The van der Waals surface area contributed by atoms with Crippen LogP contribution in [0.15, 0.2) is 52.7 Å². The zero-order chi connectivity index (χ0) is 22.7. The summed E-state index contributed by atoms with van der Waals surface area (Å²) in [7, 11) is 0. The van der Waals surface area contributed by atoms with E-state index in [1.807, 2.05) is 56.0 Å². The Hall–Kier alpha value is -3.61. The molecule has 7 heteroatoms. The standard InChI is InChI=1S/C25H28N4O3/c1-16-8-9-23(26-14-16)31-22-7-5-6-20(13-22)12-21-10-11-29(15-17(21)2)25(30)27-24-18(3)19(4)28-32-24/h5-9,12-14,17H,10-11,15H2,1-4H3,(H,27,30). The quantitative estimate of drug-likeness (QED) is 0.568. The van der Waals surface area contributed by atoms with E-state index in [1.165, 1.54) is 5.57 Å². The summed E-state index contributed by atoms with van der Waals surface area (Å²) in [6, 6.07) is 11.7. The fraction of sp³-hybridized carbons (Fsp3) is 0.320. The molecular weight excluding hydrogens is 404 g/mol. The minimum Gasteiger partial charge on any atom is -0.439 e. The van der Waals surface area contributed by atoms with Gasteiger partial charge in [-0.1, -0.05) is 41.9 Å². The van der Waals surface area contributed by atoms with Crippen molar-refractivity contribution in [3.8, 4) is 11.6 Å². The SMILES string of the molecule is Cc1ccc(Oc2cccc(C=C3CCN(C(=O)Nc4onc(C)c4C)CC3C)c2)nc1. The predicted molar refractivity (Wildman–Crippen MR) is 124 cm³/mol. The first-order valence-corrected chi connectivity index (χ1v) is 10.8. The molecular formula is C25H28N4O3. The largest absolute Gasteiger partial charge is 0.439 e. The number of urea groups is 1. The van der Waals surface area contributed by atoms with Gasteiger partial charge < -0.3 is 14.2 Å². The molecule has 1 saturated heterocycles. The van der Waals surface area contributed by atoms with E-state index < -0.39 is 0 Å². The van der Waals surface area contributed by atoms with Crippen LogP contribution in [0.25, 0.3) is 6.08 Å². The van der Waals surface area contributed by atoms with Gasteiger partial charge in [0, 0.05) is 30.9 Å². The Balaban J connectivity index is 1.40. The second-order valence-electron chi connectivity index (χ2n) is 8.32. The number of aromatic nitrogens is 2. The number of carbonyl (C=O) groups is 1. The summed E-state index contributed by atoms with van der Waals surface area (Å²) in [6.45, 7) is 9.17. The zero-order valence-corrected chi connectivity index (χ0v) is 18.9. The van der Waals surface area contributed by atoms with Crippen molar-refractivity contribution < 1.29 is 14.1 Å². The second-order valence-corrected chi connectivity index (χ2v) is 8.32. The monoisotopic (exact) mass is 432 g/mol. The molecule has 1 atom stereocenters. The van der Waals surface area contributed by atoms with E-state index in [1.54, 1.807) is 6.20 Å². The van der Waals surface area contributed by atoms with Crippen molar-refractivity contribution in [3.05, 3.63) is 70.6 Å². The maximum atomic E-state index is 12.7. The first-order valence-electron chi connectivity index (χ1n) is 10.8. The number of rotatable bonds is 4. The van der Waals surface area contributed by atoms with Gasteiger partial charge in [0.25, 0.3) is 0 Å². The summed E-state index contributed by atoms with van der Waals surface area (Å²) in [5.74, 6) is 1.99. The van der Waals surface area contributed by atoms with E-state index in [4.69, 9.17) is 9.26 Å². The molecule has 1 aliphatic heterocycles. The summed E-state index contributed by atoms with van der Waals surface area (Å²) >= 11 is 0. The number of aryl methyl sites for hydroxylation is 2. The van der Waals surface area contributed by atoms with Crippen molar-refractivity contribution in [2.75, 3.05) is 18.4 Å². The summed E-state index contributed by atoms with van der Waals surface area (Å²) in [5, 5.41) is 6.73. The predicted octanol–water partition coefficient (Wildman–Crippen LogP) is 5.74. The van der Waals surface area contributed by atoms with Gasteiger partial charge in [-0.25, -0.2) is 9.78 Å². The molecule has 2 aromatic heterocycles. The van der Waals surface area contributed by atoms with Gasteiger partial charge in [-0.05, 0) is 56.4 Å². The Morgan fingerprint density at radius 3 is 2.78 bits per heavy atom. The highest BCUT2D eigenvalue weighted by Gasteiger charge is 2.25. The first-order chi connectivity index (χ1) is 15.4. The van der Waals surface area contributed by atoms with Gasteiger partial charge in [-0.3, -0.25) is 5.32 Å². The number of hydrogen-bond acceptors (Lipinski definition) is 5. The second kappa shape index (κ2) is 9.26. The number of hydrogen-bond donors (Lipinski definition) is 1. The Morgan fingerprint density at radius 1 is 1.25 bits per heavy atom. The molecule has 1 aliphatic rings. The van der Waals surface area contributed by atoms with Gasteiger partial charge in [0.15, 0.2) is 0 Å². The number of piperidine rings is 1. The van der Waals surface area contributed by atoms with Crippen LogP contribution >= 0.6 is 0 Å². The number of pyridine rings is 1. The van der Waals surface area contributed by atoms with Crippen molar-refractivity contribution in [2.45, 2.75) is 34.1 Å². The molecule has 1 fully saturated rings. The molecule has 0 bridgehead atoms. The summed E-state index contributed by atoms with van der Waals surface area (Å²) < 4.78 is 11.1. The van der Waals surface area contributed by atoms with Crippen LogP contribution in [-0.4, -0.2) is 34.2 Å². The third-order valence-corrected chi connectivity index (χ3v) is 5.78. The molecule has 0 radical (unpaired) electrons. The molecule has 4 rings (SSSR count). The van der Waals surface area contributed by atoms with Gasteiger partial charge in [-0.15, -0.1) is 0 Å². The third-order valence-electron chi connectivity index (χ3n) is 5.78. The van der Waals surface area contributed by atoms with Gasteiger partial charge in [0.2, 0.25) is 11.8 Å². The highest BCUT2D eigenvalue weighted by Crippen LogP contribution is 2.28. The normalized spacial score (nSPS) is 17.4. The molecule has 2 amide bonds. The van der Waals surface area contributed by atoms with Crippen molar-refractivity contribution >= 4 is 18.0 Å². The molecule has 1 unspecified atom stereocenters. The van der Waals surface area contributed by atoms with Crippen LogP contribution in [0.1, 0.15) is 35.7 Å². The lowest BCUT2D eigenvalue weighted by Gasteiger charge is -2.33. The molecule has 3 aromatic rings. The molecule has 0 saturated carbocycles. The third kappa shape index (κ3) is 4.99. The van der Waals surface area contributed by atoms with E-state index in [2.05, 4.69) is 34.5 Å². The van der Waals surface area contributed by atoms with Crippen LogP contribution in [0.2, 0.25) is 0 Å². The maximum Gasteiger partial charge on any atom is 0.324 e. The smallest absolute Gasteiger partial charge is 0.324 e. The Labute approximate surface area is 188 Å². The van der Waals surface area contributed by atoms with Crippen LogP contribution in [0.4, 0.5) is 10.7 Å². The average Bonchev–Trinajstić information content (AvgIpc) is 3.09. The van der Waals surface area contributed by atoms with Crippen molar-refractivity contribution in [2.24, 2.45) is 5.92 Å². The number of carbonyl (C=O) groups excluding carboxylic acids is 1. The number of benzene rings is 1. The fourth-order valence-corrected chi connectivity index (χ4v) is 3.67. The summed E-state index contributed by atoms with van der Waals surface area (Å²) in [4.78, 5) is 18.8. The van der Waals surface area contributed by atoms with Gasteiger partial charge >= 0.3 is 6.03 Å². The molecule has 0 spiro atoms. The maximum absolute atomic E-state index is 12.7. The highest BCUT2D eigenvalue weighted by atomic mass is 16.5. The first kappa shape index (κ1) is 21.6. The van der Waals surface area contributed by atoms with Crippen LogP contribution in [0.3, 0.4) is 0 Å². The number of nitrogens with zero attached hydrogens (tertiary/aromatic N) is 3. The van der Waals surface area contributed by atoms with Crippen molar-refractivity contribution in [1.82, 2.24) is 15.0 Å². The molecule has 0 aliphatic carbocycles. The van der Waals surface area contributed by atoms with E-state index in [9.17, 15) is 4.79 Å². The molecule has 32 heavy (non-hydrogen) atoms. The lowest BCUT2D eigenvalue weighted by Crippen LogP contribution is -2.42. The number of nitrogens with one attached hydrogen (secondary N) is 1. The van der Waals surface area contributed by atoms with Crippen LogP contribution < -0.4 is 10.1 Å². The fourth-order valence-electron chi connectivity index (χ4n) is 3.67. The molecule has 1 N–H and O–H groups in total. The topological polar surface area (TPSA) is 80.5 Å². The van der Waals surface area contributed by atoms with E-state index in [0.717, 1.165) is 34.6 Å². The molecule has 1 aromatic carbocycles.